The number of nitrogens with zero attached hydrogens (tertiary/aromatic N) is 2. The molecule has 1 aliphatic rings. The van der Waals surface area contributed by atoms with E-state index in [1.807, 2.05) is 6.07 Å². The molecule has 0 spiro atoms. The van der Waals surface area contributed by atoms with Gasteiger partial charge in [-0.05, 0) is 18.4 Å². The van der Waals surface area contributed by atoms with Crippen LogP contribution in [0.15, 0.2) is 35.3 Å². The smallest absolute Gasteiger partial charge is 0.191 e. The van der Waals surface area contributed by atoms with E-state index < -0.39 is 0 Å². The molecule has 1 unspecified atom stereocenters. The lowest BCUT2D eigenvalue weighted by Gasteiger charge is -2.39. The Morgan fingerprint density at radius 1 is 1.37 bits per heavy atom. The van der Waals surface area contributed by atoms with E-state index in [1.54, 1.807) is 7.11 Å². The Hall–Kier alpha value is -1.55. The first-order valence-electron chi connectivity index (χ1n) is 6.82. The van der Waals surface area contributed by atoms with Gasteiger partial charge in [0.25, 0.3) is 0 Å². The van der Waals surface area contributed by atoms with E-state index in [9.17, 15) is 0 Å². The predicted molar refractivity (Wildman–Crippen MR) is 78.2 cm³/mol. The molecule has 4 nitrogen and oxygen atoms in total. The summed E-state index contributed by atoms with van der Waals surface area (Å²) in [6.45, 7) is 4.45. The van der Waals surface area contributed by atoms with Crippen molar-refractivity contribution in [1.29, 1.82) is 0 Å². The number of rotatable bonds is 6. The van der Waals surface area contributed by atoms with Gasteiger partial charge in [0, 0.05) is 13.7 Å². The fraction of sp³-hybridized carbons (Fsp3) is 0.533. The van der Waals surface area contributed by atoms with Crippen molar-refractivity contribution in [2.45, 2.75) is 25.3 Å². The van der Waals surface area contributed by atoms with Crippen molar-refractivity contribution in [3.05, 3.63) is 35.9 Å². The minimum Gasteiger partial charge on any atom is -0.383 e. The summed E-state index contributed by atoms with van der Waals surface area (Å²) < 4.78 is 5.19. The Morgan fingerprint density at radius 2 is 2.11 bits per heavy atom. The molecule has 0 radical (unpaired) electrons. The lowest BCUT2D eigenvalue weighted by molar-refractivity contribution is 0.125. The molecule has 0 aliphatic carbocycles. The zero-order chi connectivity index (χ0) is 13.7. The molecule has 0 saturated carbocycles. The van der Waals surface area contributed by atoms with E-state index in [0.717, 1.165) is 25.9 Å². The fourth-order valence-electron chi connectivity index (χ4n) is 2.73. The Kier molecular flexibility index (Phi) is 4.43. The second-order valence-corrected chi connectivity index (χ2v) is 5.06. The van der Waals surface area contributed by atoms with E-state index in [0.29, 0.717) is 12.6 Å². The maximum absolute atomic E-state index is 6.04. The van der Waals surface area contributed by atoms with Crippen LogP contribution in [0.4, 0.5) is 0 Å². The normalized spacial score (nSPS) is 22.6. The van der Waals surface area contributed by atoms with Gasteiger partial charge >= 0.3 is 0 Å². The monoisotopic (exact) mass is 261 g/mol. The average Bonchev–Trinajstić information content (AvgIpc) is 2.75. The van der Waals surface area contributed by atoms with Crippen LogP contribution >= 0.6 is 0 Å². The third kappa shape index (κ3) is 2.89. The number of ether oxygens (including phenoxy) is 1. The summed E-state index contributed by atoms with van der Waals surface area (Å²) in [6.07, 6.45) is 1.99. The Morgan fingerprint density at radius 3 is 2.74 bits per heavy atom. The summed E-state index contributed by atoms with van der Waals surface area (Å²) >= 11 is 0. The molecule has 2 N–H and O–H groups in total. The third-order valence-corrected chi connectivity index (χ3v) is 3.94. The molecule has 1 aromatic rings. The van der Waals surface area contributed by atoms with Crippen LogP contribution in [0, 0.1) is 0 Å². The highest BCUT2D eigenvalue weighted by Crippen LogP contribution is 2.29. The van der Waals surface area contributed by atoms with Crippen molar-refractivity contribution >= 4 is 5.96 Å². The number of aliphatic imine (C=N–C) groups is 1. The van der Waals surface area contributed by atoms with Crippen LogP contribution in [0.25, 0.3) is 0 Å². The van der Waals surface area contributed by atoms with Crippen LogP contribution in [0.1, 0.15) is 18.9 Å². The van der Waals surface area contributed by atoms with E-state index in [-0.39, 0.29) is 5.54 Å². The molecule has 1 aliphatic heterocycles. The van der Waals surface area contributed by atoms with Crippen molar-refractivity contribution in [2.75, 3.05) is 26.8 Å². The highest BCUT2D eigenvalue weighted by atomic mass is 16.5. The van der Waals surface area contributed by atoms with Gasteiger partial charge < -0.3 is 15.4 Å². The van der Waals surface area contributed by atoms with E-state index >= 15 is 0 Å². The van der Waals surface area contributed by atoms with E-state index in [1.165, 1.54) is 5.56 Å². The number of hydrogen-bond acceptors (Lipinski definition) is 4. The molecule has 0 amide bonds. The molecule has 0 aromatic heterocycles. The molecule has 1 aromatic carbocycles. The number of methoxy groups -OCH3 is 1. The average molecular weight is 261 g/mol. The second-order valence-electron chi connectivity index (χ2n) is 5.06. The zero-order valence-corrected chi connectivity index (χ0v) is 11.8. The summed E-state index contributed by atoms with van der Waals surface area (Å²) in [6, 6.07) is 10.5. The van der Waals surface area contributed by atoms with Crippen molar-refractivity contribution < 1.29 is 4.74 Å². The van der Waals surface area contributed by atoms with Crippen LogP contribution < -0.4 is 5.73 Å². The van der Waals surface area contributed by atoms with E-state index in [4.69, 9.17) is 10.5 Å². The van der Waals surface area contributed by atoms with E-state index in [2.05, 4.69) is 41.1 Å². The topological polar surface area (TPSA) is 50.8 Å². The minimum absolute atomic E-state index is 0.00394. The first-order chi connectivity index (χ1) is 9.22. The van der Waals surface area contributed by atoms with Gasteiger partial charge in [0.1, 0.15) is 0 Å². The third-order valence-electron chi connectivity index (χ3n) is 3.94. The van der Waals surface area contributed by atoms with Crippen LogP contribution in [0.3, 0.4) is 0 Å². The number of benzene rings is 1. The van der Waals surface area contributed by atoms with Crippen LogP contribution in [0.5, 0.6) is 0 Å². The van der Waals surface area contributed by atoms with Crippen LogP contribution in [-0.2, 0) is 11.2 Å². The standard InChI is InChI=1S/C15H23N3O/c1-3-15(11-13-7-5-4-6-8-13)12-17-14(16)18(15)9-10-19-2/h4-8H,3,9-12H2,1-2H3,(H2,16,17). The van der Waals surface area contributed by atoms with Crippen molar-refractivity contribution in [3.63, 3.8) is 0 Å². The van der Waals surface area contributed by atoms with Crippen molar-refractivity contribution in [1.82, 2.24) is 4.90 Å². The maximum atomic E-state index is 6.04. The molecule has 0 fully saturated rings. The van der Waals surface area contributed by atoms with Gasteiger partial charge in [0.2, 0.25) is 0 Å². The molecule has 4 heteroatoms. The first-order valence-corrected chi connectivity index (χ1v) is 6.82. The molecule has 104 valence electrons. The zero-order valence-electron chi connectivity index (χ0n) is 11.8. The summed E-state index contributed by atoms with van der Waals surface area (Å²) in [5, 5.41) is 0. The molecule has 0 bridgehead atoms. The Balaban J connectivity index is 2.17. The van der Waals surface area contributed by atoms with Gasteiger partial charge in [-0.1, -0.05) is 37.3 Å². The Bertz CT molecular complexity index is 432. The Labute approximate surface area is 115 Å². The molecule has 2 rings (SSSR count). The van der Waals surface area contributed by atoms with Gasteiger partial charge in [-0.2, -0.15) is 0 Å². The summed E-state index contributed by atoms with van der Waals surface area (Å²) in [7, 11) is 1.72. The van der Waals surface area contributed by atoms with Gasteiger partial charge in [-0.3, -0.25) is 4.99 Å². The van der Waals surface area contributed by atoms with Crippen molar-refractivity contribution in [3.8, 4) is 0 Å². The molecule has 1 atom stereocenters. The molecule has 0 saturated heterocycles. The summed E-state index contributed by atoms with van der Waals surface area (Å²) in [5.74, 6) is 0.648. The molecular formula is C15H23N3O. The minimum atomic E-state index is 0.00394. The SMILES string of the molecule is CCC1(Cc2ccccc2)CN=C(N)N1CCOC. The first kappa shape index (κ1) is 13.9. The van der Waals surface area contributed by atoms with Crippen molar-refractivity contribution in [2.24, 2.45) is 10.7 Å². The van der Waals surface area contributed by atoms with Gasteiger partial charge in [0.15, 0.2) is 5.96 Å². The molecule has 1 heterocycles. The highest BCUT2D eigenvalue weighted by Gasteiger charge is 2.40. The number of guanidine groups is 1. The molecular weight excluding hydrogens is 238 g/mol. The highest BCUT2D eigenvalue weighted by molar-refractivity contribution is 5.81. The summed E-state index contributed by atoms with van der Waals surface area (Å²) in [5.41, 5.74) is 7.38. The fourth-order valence-corrected chi connectivity index (χ4v) is 2.73. The molecule has 19 heavy (non-hydrogen) atoms. The van der Waals surface area contributed by atoms with Crippen LogP contribution in [-0.4, -0.2) is 43.2 Å². The summed E-state index contributed by atoms with van der Waals surface area (Å²) in [4.78, 5) is 6.67. The van der Waals surface area contributed by atoms with Gasteiger partial charge in [-0.25, -0.2) is 0 Å². The predicted octanol–water partition coefficient (Wildman–Crippen LogP) is 1.65. The number of hydrogen-bond donors (Lipinski definition) is 1. The second kappa shape index (κ2) is 6.06. The number of nitrogens with two attached hydrogens (primary N) is 1. The maximum Gasteiger partial charge on any atom is 0.191 e. The largest absolute Gasteiger partial charge is 0.383 e. The van der Waals surface area contributed by atoms with Gasteiger partial charge in [0.05, 0.1) is 18.7 Å². The lowest BCUT2D eigenvalue weighted by atomic mass is 9.87. The quantitative estimate of drug-likeness (QED) is 0.847. The van der Waals surface area contributed by atoms with Gasteiger partial charge in [-0.15, -0.1) is 0 Å². The lowest BCUT2D eigenvalue weighted by Crippen LogP contribution is -2.53. The van der Waals surface area contributed by atoms with Crippen LogP contribution in [0.2, 0.25) is 0 Å².